The first-order chi connectivity index (χ1) is 9.95. The van der Waals surface area contributed by atoms with Crippen molar-refractivity contribution in [1.82, 2.24) is 0 Å². The number of nitrogens with zero attached hydrogens (tertiary/aromatic N) is 1. The third kappa shape index (κ3) is 5.08. The van der Waals surface area contributed by atoms with Crippen LogP contribution in [0.5, 0.6) is 0 Å². The summed E-state index contributed by atoms with van der Waals surface area (Å²) in [5.74, 6) is -0.731. The van der Waals surface area contributed by atoms with Gasteiger partial charge in [-0.1, -0.05) is 15.9 Å². The number of hydrogen-bond donors (Lipinski definition) is 2. The quantitative estimate of drug-likeness (QED) is 0.603. The number of benzene rings is 1. The molecule has 0 bridgehead atoms. The lowest BCUT2D eigenvalue weighted by Gasteiger charge is -2.06. The molecule has 0 saturated heterocycles. The highest BCUT2D eigenvalue weighted by atomic mass is 79.9. The zero-order valence-corrected chi connectivity index (χ0v) is 15.2. The van der Waals surface area contributed by atoms with E-state index in [0.717, 1.165) is 8.95 Å². The van der Waals surface area contributed by atoms with Crippen LogP contribution in [0.1, 0.15) is 10.4 Å². The molecule has 116 valence electrons. The van der Waals surface area contributed by atoms with E-state index >= 15 is 0 Å². The molecule has 1 aromatic heterocycles. The smallest absolute Gasteiger partial charge is 0.290 e. The van der Waals surface area contributed by atoms with E-state index < -0.39 is 5.91 Å². The van der Waals surface area contributed by atoms with Gasteiger partial charge < -0.3 is 23.5 Å². The second kappa shape index (κ2) is 8.26. The average Bonchev–Trinajstić information content (AvgIpc) is 2.42. The van der Waals surface area contributed by atoms with Gasteiger partial charge >= 0.3 is 0 Å². The van der Waals surface area contributed by atoms with Crippen LogP contribution in [0.25, 0.3) is 0 Å². The number of nitrogens with one attached hydrogen (secondary N) is 1. The molecule has 0 atom stereocenters. The van der Waals surface area contributed by atoms with Gasteiger partial charge in [-0.15, -0.1) is 0 Å². The van der Waals surface area contributed by atoms with E-state index in [9.17, 15) is 9.59 Å². The molecule has 0 spiro atoms. The van der Waals surface area contributed by atoms with Gasteiger partial charge in [0.2, 0.25) is 6.54 Å². The van der Waals surface area contributed by atoms with E-state index in [-0.39, 0.29) is 24.9 Å². The summed E-state index contributed by atoms with van der Waals surface area (Å²) in [7, 11) is 0. The number of anilines is 1. The van der Waals surface area contributed by atoms with Gasteiger partial charge in [0.15, 0.2) is 12.4 Å². The van der Waals surface area contributed by atoms with Crippen LogP contribution >= 0.6 is 31.9 Å². The van der Waals surface area contributed by atoms with E-state index in [1.54, 1.807) is 35.2 Å². The van der Waals surface area contributed by atoms with Crippen molar-refractivity contribution in [2.24, 2.45) is 5.73 Å². The number of carbonyl (C=O) groups is 2. The molecule has 0 radical (unpaired) electrons. The number of amides is 2. The van der Waals surface area contributed by atoms with Gasteiger partial charge in [-0.25, -0.2) is 0 Å². The van der Waals surface area contributed by atoms with Crippen LogP contribution in [-0.4, -0.2) is 11.8 Å². The number of primary amides is 1. The Morgan fingerprint density at radius 1 is 1.23 bits per heavy atom. The van der Waals surface area contributed by atoms with Crippen molar-refractivity contribution in [2.75, 3.05) is 5.32 Å². The molecule has 0 saturated carbocycles. The van der Waals surface area contributed by atoms with Crippen LogP contribution < -0.4 is 28.0 Å². The molecule has 5 nitrogen and oxygen atoms in total. The molecule has 0 aliphatic heterocycles. The van der Waals surface area contributed by atoms with Gasteiger partial charge in [0.25, 0.3) is 11.8 Å². The Morgan fingerprint density at radius 2 is 1.95 bits per heavy atom. The molecule has 0 unspecified atom stereocenters. The average molecular weight is 450 g/mol. The molecular weight excluding hydrogens is 437 g/mol. The number of pyridine rings is 1. The molecule has 0 aliphatic rings. The largest absolute Gasteiger partial charge is 1.00 e. The first-order valence-electron chi connectivity index (χ1n) is 5.99. The molecule has 2 rings (SSSR count). The first kappa shape index (κ1) is 18.6. The molecule has 8 heteroatoms. The zero-order chi connectivity index (χ0) is 15.4. The summed E-state index contributed by atoms with van der Waals surface area (Å²) >= 11 is 6.73. The summed E-state index contributed by atoms with van der Waals surface area (Å²) in [6.45, 7) is 0.0869. The summed E-state index contributed by atoms with van der Waals surface area (Å²) in [6.07, 6.45) is 3.24. The number of rotatable bonds is 4. The van der Waals surface area contributed by atoms with Gasteiger partial charge in [0.1, 0.15) is 5.56 Å². The Morgan fingerprint density at radius 3 is 2.59 bits per heavy atom. The third-order valence-electron chi connectivity index (χ3n) is 2.67. The number of carbonyl (C=O) groups excluding carboxylic acids is 2. The van der Waals surface area contributed by atoms with Gasteiger partial charge in [0.05, 0.1) is 5.69 Å². The van der Waals surface area contributed by atoms with Crippen LogP contribution in [0.4, 0.5) is 5.69 Å². The minimum Gasteiger partial charge on any atom is -1.00 e. The minimum absolute atomic E-state index is 0. The lowest BCUT2D eigenvalue weighted by atomic mass is 10.2. The van der Waals surface area contributed by atoms with Gasteiger partial charge in [-0.3, -0.25) is 9.59 Å². The molecule has 22 heavy (non-hydrogen) atoms. The summed E-state index contributed by atoms with van der Waals surface area (Å²) in [5.41, 5.74) is 6.24. The van der Waals surface area contributed by atoms with E-state index in [4.69, 9.17) is 5.73 Å². The third-order valence-corrected chi connectivity index (χ3v) is 3.82. The molecule has 0 aliphatic carbocycles. The van der Waals surface area contributed by atoms with Crippen molar-refractivity contribution in [3.63, 3.8) is 0 Å². The molecular formula is C14H12Br2ClN3O2. The Kier molecular flexibility index (Phi) is 6.99. The fourth-order valence-electron chi connectivity index (χ4n) is 1.71. The number of aromatic nitrogens is 1. The van der Waals surface area contributed by atoms with E-state index in [2.05, 4.69) is 37.2 Å². The summed E-state index contributed by atoms with van der Waals surface area (Å²) in [5, 5.41) is 2.79. The van der Waals surface area contributed by atoms with Crippen molar-refractivity contribution in [3.05, 3.63) is 57.2 Å². The molecule has 2 amide bonds. The van der Waals surface area contributed by atoms with Crippen molar-refractivity contribution in [3.8, 4) is 0 Å². The Labute approximate surface area is 150 Å². The lowest BCUT2D eigenvalue weighted by Crippen LogP contribution is -3.00. The molecule has 3 N–H and O–H groups in total. The van der Waals surface area contributed by atoms with Crippen LogP contribution in [0.3, 0.4) is 0 Å². The van der Waals surface area contributed by atoms with Crippen LogP contribution in [-0.2, 0) is 11.3 Å². The fourth-order valence-corrected chi connectivity index (χ4v) is 2.86. The van der Waals surface area contributed by atoms with Gasteiger partial charge in [-0.2, -0.15) is 4.57 Å². The second-order valence-corrected chi connectivity index (χ2v) is 6.07. The highest BCUT2D eigenvalue weighted by Crippen LogP contribution is 2.25. The van der Waals surface area contributed by atoms with Crippen molar-refractivity contribution < 1.29 is 26.6 Å². The molecule has 1 heterocycles. The zero-order valence-electron chi connectivity index (χ0n) is 11.2. The molecule has 1 aromatic carbocycles. The maximum atomic E-state index is 12.0. The van der Waals surface area contributed by atoms with E-state index in [1.807, 2.05) is 12.1 Å². The van der Waals surface area contributed by atoms with Gasteiger partial charge in [-0.05, 0) is 40.2 Å². The monoisotopic (exact) mass is 447 g/mol. The minimum atomic E-state index is -0.527. The number of halogens is 3. The highest BCUT2D eigenvalue weighted by molar-refractivity contribution is 9.11. The fraction of sp³-hybridized carbons (Fsp3) is 0.0714. The standard InChI is InChI=1S/C14H11Br2N3O2.ClH/c15-10-3-4-12(11(16)6-10)18-13(20)8-19-5-1-2-9(7-19)14(17)21;/h1-7H,8H2,(H2-,17,18,20,21);1H. The molecule has 0 fully saturated rings. The van der Waals surface area contributed by atoms with Crippen LogP contribution in [0.2, 0.25) is 0 Å². The number of nitrogens with two attached hydrogens (primary N) is 1. The highest BCUT2D eigenvalue weighted by Gasteiger charge is 2.13. The summed E-state index contributed by atoms with van der Waals surface area (Å²) < 4.78 is 3.29. The molecule has 2 aromatic rings. The SMILES string of the molecule is NC(=O)c1ccc[n+](CC(=O)Nc2ccc(Br)cc2Br)c1.[Cl-]. The van der Waals surface area contributed by atoms with Crippen molar-refractivity contribution in [1.29, 1.82) is 0 Å². The Bertz CT molecular complexity index is 710. The van der Waals surface area contributed by atoms with Crippen LogP contribution in [0.15, 0.2) is 51.7 Å². The maximum Gasteiger partial charge on any atom is 0.290 e. The van der Waals surface area contributed by atoms with E-state index in [0.29, 0.717) is 11.3 Å². The van der Waals surface area contributed by atoms with Crippen molar-refractivity contribution in [2.45, 2.75) is 6.54 Å². The Balaban J connectivity index is 0.00000242. The number of hydrogen-bond acceptors (Lipinski definition) is 2. The Hall–Kier alpha value is -1.44. The normalized spacial score (nSPS) is 9.73. The topological polar surface area (TPSA) is 76.1 Å². The summed E-state index contributed by atoms with van der Waals surface area (Å²) in [6, 6.07) is 8.74. The van der Waals surface area contributed by atoms with Gasteiger partial charge in [0, 0.05) is 15.0 Å². The second-order valence-electron chi connectivity index (χ2n) is 4.30. The maximum absolute atomic E-state index is 12.0. The first-order valence-corrected chi connectivity index (χ1v) is 7.58. The van der Waals surface area contributed by atoms with E-state index in [1.165, 1.54) is 0 Å². The summed E-state index contributed by atoms with van der Waals surface area (Å²) in [4.78, 5) is 23.1. The van der Waals surface area contributed by atoms with Crippen molar-refractivity contribution >= 4 is 49.4 Å². The predicted molar refractivity (Wildman–Crippen MR) is 85.6 cm³/mol. The van der Waals surface area contributed by atoms with Crippen LogP contribution in [0, 0.1) is 0 Å². The lowest BCUT2D eigenvalue weighted by molar-refractivity contribution is -0.684. The predicted octanol–water partition coefficient (Wildman–Crippen LogP) is -0.759.